The molecule has 0 atom stereocenters. The monoisotopic (exact) mass is 555 g/mol. The van der Waals surface area contributed by atoms with E-state index in [0.717, 1.165) is 15.6 Å². The highest BCUT2D eigenvalue weighted by atomic mass is 79.9. The Balaban J connectivity index is 1.80. The summed E-state index contributed by atoms with van der Waals surface area (Å²) >= 11 is 6.55. The van der Waals surface area contributed by atoms with E-state index in [9.17, 15) is 9.59 Å². The van der Waals surface area contributed by atoms with Crippen LogP contribution in [0.5, 0.6) is 0 Å². The maximum atomic E-state index is 12.8. The van der Waals surface area contributed by atoms with Crippen LogP contribution in [-0.4, -0.2) is 18.0 Å². The topological polar surface area (TPSA) is 83.7 Å². The molecule has 162 valence electrons. The van der Waals surface area contributed by atoms with Crippen LogP contribution in [0.3, 0.4) is 0 Å². The summed E-state index contributed by atoms with van der Waals surface area (Å²) in [6.07, 6.45) is 4.86. The normalized spacial score (nSPS) is 12.1. The Morgan fingerprint density at radius 3 is 2.28 bits per heavy atom. The molecule has 0 bridgehead atoms. The van der Waals surface area contributed by atoms with E-state index in [0.29, 0.717) is 16.0 Å². The molecule has 0 saturated heterocycles. The van der Waals surface area contributed by atoms with Gasteiger partial charge in [0.2, 0.25) is 0 Å². The Kier molecular flexibility index (Phi) is 8.35. The lowest BCUT2D eigenvalue weighted by Crippen LogP contribution is -2.33. The van der Waals surface area contributed by atoms with Crippen LogP contribution in [0.25, 0.3) is 6.08 Å². The molecule has 0 saturated carbocycles. The predicted octanol–water partition coefficient (Wildman–Crippen LogP) is 5.67. The Morgan fingerprint density at radius 2 is 1.66 bits per heavy atom. The van der Waals surface area contributed by atoms with Gasteiger partial charge in [0.15, 0.2) is 4.67 Å². The van der Waals surface area contributed by atoms with Crippen LogP contribution >= 0.6 is 31.9 Å². The maximum absolute atomic E-state index is 12.8. The lowest BCUT2D eigenvalue weighted by atomic mass is 10.1. The molecule has 2 N–H and O–H groups in total. The van der Waals surface area contributed by atoms with E-state index in [4.69, 9.17) is 4.42 Å². The van der Waals surface area contributed by atoms with Crippen molar-refractivity contribution in [1.29, 1.82) is 0 Å². The Labute approximate surface area is 202 Å². The first kappa shape index (κ1) is 23.4. The molecule has 6 nitrogen and oxygen atoms in total. The fraction of sp³-hybridized carbons (Fsp3) is 0.0417. The largest absolute Gasteiger partial charge is 0.447 e. The van der Waals surface area contributed by atoms with Crippen molar-refractivity contribution in [1.82, 2.24) is 10.7 Å². The highest BCUT2D eigenvalue weighted by Crippen LogP contribution is 2.25. The molecule has 32 heavy (non-hydrogen) atoms. The van der Waals surface area contributed by atoms with Gasteiger partial charge in [0.05, 0.1) is 10.7 Å². The Hall–Kier alpha value is -3.23. The van der Waals surface area contributed by atoms with Crippen molar-refractivity contribution in [2.24, 2.45) is 5.10 Å². The molecular weight excluding hydrogens is 538 g/mol. The summed E-state index contributed by atoms with van der Waals surface area (Å²) in [5.41, 5.74) is 4.66. The average Bonchev–Trinajstić information content (AvgIpc) is 3.11. The number of hydrazone groups is 1. The second-order valence-electron chi connectivity index (χ2n) is 6.65. The van der Waals surface area contributed by atoms with Gasteiger partial charge >= 0.3 is 0 Å². The second kappa shape index (κ2) is 11.4. The third kappa shape index (κ3) is 6.90. The van der Waals surface area contributed by atoms with Crippen LogP contribution in [-0.2, 0) is 4.79 Å². The molecule has 0 spiro atoms. The molecule has 3 aromatic rings. The zero-order chi connectivity index (χ0) is 22.9. The summed E-state index contributed by atoms with van der Waals surface area (Å²) in [7, 11) is 0. The van der Waals surface area contributed by atoms with Crippen LogP contribution in [0.2, 0.25) is 0 Å². The first-order valence-corrected chi connectivity index (χ1v) is 11.1. The van der Waals surface area contributed by atoms with Crippen LogP contribution in [0, 0.1) is 0 Å². The molecule has 3 rings (SSSR count). The zero-order valence-electron chi connectivity index (χ0n) is 17.0. The van der Waals surface area contributed by atoms with Gasteiger partial charge in [0, 0.05) is 11.6 Å². The molecule has 0 aliphatic heterocycles. The van der Waals surface area contributed by atoms with Gasteiger partial charge in [-0.2, -0.15) is 5.10 Å². The number of rotatable bonds is 7. The molecule has 1 aromatic heterocycles. The van der Waals surface area contributed by atoms with Crippen molar-refractivity contribution in [3.63, 3.8) is 0 Å². The van der Waals surface area contributed by atoms with Gasteiger partial charge in [-0.3, -0.25) is 9.59 Å². The quantitative estimate of drug-likeness (QED) is 0.170. The molecule has 2 amide bonds. The second-order valence-corrected chi connectivity index (χ2v) is 8.22. The SMILES string of the molecule is CC(=C/c1ccccc1)/C=C(/NC(=O)c1ccccc1)C(=O)NN=Cc1cc(Br)c(Br)o1. The van der Waals surface area contributed by atoms with Crippen molar-refractivity contribution in [2.45, 2.75) is 6.92 Å². The third-order valence-electron chi connectivity index (χ3n) is 4.12. The number of furan rings is 1. The molecule has 0 fully saturated rings. The highest BCUT2D eigenvalue weighted by molar-refractivity contribution is 9.13. The van der Waals surface area contributed by atoms with Crippen LogP contribution in [0.4, 0.5) is 0 Å². The fourth-order valence-corrected chi connectivity index (χ4v) is 3.27. The van der Waals surface area contributed by atoms with Gasteiger partial charge in [-0.25, -0.2) is 5.43 Å². The van der Waals surface area contributed by atoms with Crippen molar-refractivity contribution >= 4 is 56.0 Å². The van der Waals surface area contributed by atoms with Crippen LogP contribution in [0.1, 0.15) is 28.6 Å². The first-order valence-electron chi connectivity index (χ1n) is 9.52. The number of nitrogens with zero attached hydrogens (tertiary/aromatic N) is 1. The molecular formula is C24H19Br2N3O3. The fourth-order valence-electron chi connectivity index (χ4n) is 2.67. The minimum atomic E-state index is -0.573. The van der Waals surface area contributed by atoms with Crippen molar-refractivity contribution in [3.05, 3.63) is 110 Å². The molecule has 0 unspecified atom stereocenters. The lowest BCUT2D eigenvalue weighted by Gasteiger charge is -2.09. The van der Waals surface area contributed by atoms with Gasteiger partial charge in [-0.05, 0) is 68.1 Å². The first-order chi connectivity index (χ1) is 15.4. The number of carbonyl (C=O) groups excluding carboxylic acids is 2. The van der Waals surface area contributed by atoms with E-state index in [1.165, 1.54) is 6.21 Å². The zero-order valence-corrected chi connectivity index (χ0v) is 20.2. The van der Waals surface area contributed by atoms with Gasteiger partial charge in [0.25, 0.3) is 11.8 Å². The summed E-state index contributed by atoms with van der Waals surface area (Å²) in [4.78, 5) is 25.4. The number of carbonyl (C=O) groups is 2. The number of halogens is 2. The number of allylic oxidation sites excluding steroid dienone is 2. The highest BCUT2D eigenvalue weighted by Gasteiger charge is 2.14. The van der Waals surface area contributed by atoms with Gasteiger partial charge in [-0.15, -0.1) is 0 Å². The summed E-state index contributed by atoms with van der Waals surface area (Å²) < 4.78 is 6.63. The number of amides is 2. The number of hydrogen-bond acceptors (Lipinski definition) is 4. The van der Waals surface area contributed by atoms with Crippen LogP contribution in [0.15, 0.2) is 103 Å². The molecule has 8 heteroatoms. The predicted molar refractivity (Wildman–Crippen MR) is 132 cm³/mol. The van der Waals surface area contributed by atoms with E-state index in [1.54, 1.807) is 36.4 Å². The lowest BCUT2D eigenvalue weighted by molar-refractivity contribution is -0.117. The Bertz CT molecular complexity index is 1160. The van der Waals surface area contributed by atoms with Gasteiger partial charge in [0.1, 0.15) is 11.5 Å². The number of nitrogens with one attached hydrogen (secondary N) is 2. The molecule has 0 aliphatic rings. The van der Waals surface area contributed by atoms with Gasteiger partial charge < -0.3 is 9.73 Å². The van der Waals surface area contributed by atoms with Crippen LogP contribution < -0.4 is 10.7 Å². The number of benzene rings is 2. The van der Waals surface area contributed by atoms with Crippen molar-refractivity contribution < 1.29 is 14.0 Å². The van der Waals surface area contributed by atoms with E-state index in [-0.39, 0.29) is 5.70 Å². The van der Waals surface area contributed by atoms with Crippen molar-refractivity contribution in [2.75, 3.05) is 0 Å². The van der Waals surface area contributed by atoms with E-state index < -0.39 is 11.8 Å². The molecule has 2 aromatic carbocycles. The molecule has 1 heterocycles. The van der Waals surface area contributed by atoms with Crippen molar-refractivity contribution in [3.8, 4) is 0 Å². The minimum absolute atomic E-state index is 0.0579. The van der Waals surface area contributed by atoms with E-state index in [2.05, 4.69) is 47.7 Å². The summed E-state index contributed by atoms with van der Waals surface area (Å²) in [6, 6.07) is 20.0. The van der Waals surface area contributed by atoms with E-state index in [1.807, 2.05) is 49.4 Å². The summed E-state index contributed by atoms with van der Waals surface area (Å²) in [5.74, 6) is -0.540. The average molecular weight is 557 g/mol. The van der Waals surface area contributed by atoms with Gasteiger partial charge in [-0.1, -0.05) is 54.6 Å². The minimum Gasteiger partial charge on any atom is -0.447 e. The van der Waals surface area contributed by atoms with E-state index >= 15 is 0 Å². The summed E-state index contributed by atoms with van der Waals surface area (Å²) in [5, 5.41) is 6.59. The molecule has 0 aliphatic carbocycles. The third-order valence-corrected chi connectivity index (χ3v) is 5.83. The number of hydrogen-bond donors (Lipinski definition) is 2. The maximum Gasteiger partial charge on any atom is 0.287 e. The standard InChI is InChI=1S/C24H19Br2N3O3/c1-16(12-17-8-4-2-5-9-17)13-21(28-23(30)18-10-6-3-7-11-18)24(31)29-27-15-19-14-20(25)22(26)32-19/h2-15H,1H3,(H,28,30)(H,29,31)/b16-12-,21-13+,27-15?. The smallest absolute Gasteiger partial charge is 0.287 e. The molecule has 0 radical (unpaired) electrons. The Morgan fingerprint density at radius 1 is 1.00 bits per heavy atom. The summed E-state index contributed by atoms with van der Waals surface area (Å²) in [6.45, 7) is 1.84.